The quantitative estimate of drug-likeness (QED) is 0.895. The maximum atomic E-state index is 5.86. The molecule has 0 aliphatic carbocycles. The summed E-state index contributed by atoms with van der Waals surface area (Å²) in [7, 11) is 0. The van der Waals surface area contributed by atoms with Gasteiger partial charge in [-0.15, -0.1) is 0 Å². The minimum atomic E-state index is 0.0714. The van der Waals surface area contributed by atoms with E-state index < -0.39 is 0 Å². The Kier molecular flexibility index (Phi) is 4.26. The van der Waals surface area contributed by atoms with Crippen LogP contribution < -0.4 is 5.73 Å². The van der Waals surface area contributed by atoms with Crippen molar-refractivity contribution in [2.24, 2.45) is 5.73 Å². The van der Waals surface area contributed by atoms with Crippen LogP contribution in [0.2, 0.25) is 0 Å². The van der Waals surface area contributed by atoms with E-state index in [1.165, 1.54) is 9.79 Å². The molecule has 0 spiro atoms. The fourth-order valence-corrected chi connectivity index (χ4v) is 2.98. The van der Waals surface area contributed by atoms with Crippen LogP contribution in [0.5, 0.6) is 0 Å². The van der Waals surface area contributed by atoms with Crippen LogP contribution in [0, 0.1) is 0 Å². The molecule has 0 amide bonds. The lowest BCUT2D eigenvalue weighted by Crippen LogP contribution is -2.04. The zero-order valence-corrected chi connectivity index (χ0v) is 12.0. The van der Waals surface area contributed by atoms with Crippen molar-refractivity contribution in [1.29, 1.82) is 0 Å². The van der Waals surface area contributed by atoms with Crippen molar-refractivity contribution in [3.63, 3.8) is 0 Å². The van der Waals surface area contributed by atoms with Crippen molar-refractivity contribution in [3.05, 3.63) is 58.6 Å². The molecule has 0 aliphatic rings. The van der Waals surface area contributed by atoms with Crippen LogP contribution in [-0.4, -0.2) is 0 Å². The number of hydrogen-bond donors (Lipinski definition) is 1. The van der Waals surface area contributed by atoms with Gasteiger partial charge in [0, 0.05) is 20.3 Å². The summed E-state index contributed by atoms with van der Waals surface area (Å²) in [6, 6.07) is 16.7. The summed E-state index contributed by atoms with van der Waals surface area (Å²) in [6.45, 7) is 1.99. The normalized spacial score (nSPS) is 12.4. The molecule has 1 nitrogen and oxygen atoms in total. The van der Waals surface area contributed by atoms with Crippen LogP contribution in [0.3, 0.4) is 0 Å². The Bertz CT molecular complexity index is 497. The second-order valence-corrected chi connectivity index (χ2v) is 5.86. The Labute approximate surface area is 115 Å². The molecule has 2 rings (SSSR count). The van der Waals surface area contributed by atoms with Gasteiger partial charge >= 0.3 is 0 Å². The highest BCUT2D eigenvalue weighted by molar-refractivity contribution is 9.10. The first-order valence-corrected chi connectivity index (χ1v) is 7.05. The molecule has 0 aliphatic heterocycles. The van der Waals surface area contributed by atoms with Gasteiger partial charge in [-0.05, 0) is 52.7 Å². The third kappa shape index (κ3) is 3.35. The molecule has 17 heavy (non-hydrogen) atoms. The van der Waals surface area contributed by atoms with E-state index in [2.05, 4.69) is 46.3 Å². The molecule has 0 unspecified atom stereocenters. The van der Waals surface area contributed by atoms with Crippen molar-refractivity contribution in [1.82, 2.24) is 0 Å². The lowest BCUT2D eigenvalue weighted by atomic mass is 10.1. The molecule has 1 atom stereocenters. The van der Waals surface area contributed by atoms with Gasteiger partial charge in [-0.1, -0.05) is 36.0 Å². The predicted octanol–water partition coefficient (Wildman–Crippen LogP) is 4.62. The molecule has 0 aromatic heterocycles. The van der Waals surface area contributed by atoms with Crippen LogP contribution in [0.25, 0.3) is 0 Å². The maximum absolute atomic E-state index is 5.86. The van der Waals surface area contributed by atoms with Gasteiger partial charge < -0.3 is 5.73 Å². The molecule has 0 saturated carbocycles. The van der Waals surface area contributed by atoms with E-state index in [9.17, 15) is 0 Å². The van der Waals surface area contributed by atoms with E-state index in [4.69, 9.17) is 5.73 Å². The highest BCUT2D eigenvalue weighted by Crippen LogP contribution is 2.34. The molecule has 3 heteroatoms. The average molecular weight is 308 g/mol. The summed E-state index contributed by atoms with van der Waals surface area (Å²) < 4.78 is 1.10. The van der Waals surface area contributed by atoms with Gasteiger partial charge in [-0.2, -0.15) is 0 Å². The molecule has 2 N–H and O–H groups in total. The Hall–Kier alpha value is -0.770. The molecule has 2 aromatic rings. The molecule has 88 valence electrons. The third-order valence-corrected chi connectivity index (χ3v) is 4.46. The molecule has 0 heterocycles. The zero-order valence-electron chi connectivity index (χ0n) is 9.56. The van der Waals surface area contributed by atoms with Crippen LogP contribution >= 0.6 is 27.7 Å². The van der Waals surface area contributed by atoms with Crippen LogP contribution in [0.1, 0.15) is 18.5 Å². The Morgan fingerprint density at radius 2 is 1.82 bits per heavy atom. The van der Waals surface area contributed by atoms with E-state index in [1.807, 2.05) is 25.1 Å². The number of benzene rings is 2. The van der Waals surface area contributed by atoms with Gasteiger partial charge in [0.2, 0.25) is 0 Å². The first-order chi connectivity index (χ1) is 8.16. The number of rotatable bonds is 3. The van der Waals surface area contributed by atoms with Crippen molar-refractivity contribution in [2.45, 2.75) is 22.8 Å². The lowest BCUT2D eigenvalue weighted by molar-refractivity contribution is 0.815. The van der Waals surface area contributed by atoms with Crippen LogP contribution in [0.4, 0.5) is 0 Å². The van der Waals surface area contributed by atoms with Gasteiger partial charge in [-0.3, -0.25) is 0 Å². The fourth-order valence-electron chi connectivity index (χ4n) is 1.50. The molecular weight excluding hydrogens is 294 g/mol. The largest absolute Gasteiger partial charge is 0.324 e. The van der Waals surface area contributed by atoms with Gasteiger partial charge in [0.25, 0.3) is 0 Å². The van der Waals surface area contributed by atoms with E-state index in [0.717, 1.165) is 10.0 Å². The van der Waals surface area contributed by atoms with E-state index in [-0.39, 0.29) is 6.04 Å². The van der Waals surface area contributed by atoms with Crippen molar-refractivity contribution in [2.75, 3.05) is 0 Å². The van der Waals surface area contributed by atoms with Crippen molar-refractivity contribution in [3.8, 4) is 0 Å². The number of hydrogen-bond acceptors (Lipinski definition) is 2. The average Bonchev–Trinajstić information content (AvgIpc) is 2.33. The van der Waals surface area contributed by atoms with E-state index in [0.29, 0.717) is 0 Å². The third-order valence-electron chi connectivity index (χ3n) is 2.45. The Morgan fingerprint density at radius 3 is 2.41 bits per heavy atom. The molecule has 2 aromatic carbocycles. The lowest BCUT2D eigenvalue weighted by Gasteiger charge is -2.09. The maximum Gasteiger partial charge on any atom is 0.0318 e. The SMILES string of the molecule is C[C@@H](N)c1ccc(Sc2ccccc2)c(Br)c1. The second kappa shape index (κ2) is 5.71. The molecule has 0 fully saturated rings. The molecule has 0 radical (unpaired) electrons. The topological polar surface area (TPSA) is 26.0 Å². The highest BCUT2D eigenvalue weighted by atomic mass is 79.9. The predicted molar refractivity (Wildman–Crippen MR) is 77.3 cm³/mol. The van der Waals surface area contributed by atoms with Gasteiger partial charge in [0.1, 0.15) is 0 Å². The smallest absolute Gasteiger partial charge is 0.0318 e. The first-order valence-electron chi connectivity index (χ1n) is 5.45. The zero-order chi connectivity index (χ0) is 12.3. The summed E-state index contributed by atoms with van der Waals surface area (Å²) >= 11 is 5.34. The Balaban J connectivity index is 2.23. The minimum Gasteiger partial charge on any atom is -0.324 e. The van der Waals surface area contributed by atoms with Gasteiger partial charge in [0.15, 0.2) is 0 Å². The summed E-state index contributed by atoms with van der Waals surface area (Å²) in [4.78, 5) is 2.45. The molecule has 0 bridgehead atoms. The van der Waals surface area contributed by atoms with Crippen molar-refractivity contribution < 1.29 is 0 Å². The summed E-state index contributed by atoms with van der Waals surface area (Å²) in [6.07, 6.45) is 0. The standard InChI is InChI=1S/C14H14BrNS/c1-10(16)11-7-8-14(13(15)9-11)17-12-5-3-2-4-6-12/h2-10H,16H2,1H3/t10-/m1/s1. The fraction of sp³-hybridized carbons (Fsp3) is 0.143. The molecular formula is C14H14BrNS. The summed E-state index contributed by atoms with van der Waals surface area (Å²) in [5, 5.41) is 0. The van der Waals surface area contributed by atoms with Gasteiger partial charge in [-0.25, -0.2) is 0 Å². The molecule has 0 saturated heterocycles. The minimum absolute atomic E-state index is 0.0714. The Morgan fingerprint density at radius 1 is 1.12 bits per heavy atom. The van der Waals surface area contributed by atoms with Crippen LogP contribution in [0.15, 0.2) is 62.8 Å². The van der Waals surface area contributed by atoms with Gasteiger partial charge in [0.05, 0.1) is 0 Å². The van der Waals surface area contributed by atoms with Crippen molar-refractivity contribution >= 4 is 27.7 Å². The summed E-state index contributed by atoms with van der Waals surface area (Å²) in [5.74, 6) is 0. The van der Waals surface area contributed by atoms with Crippen LogP contribution in [-0.2, 0) is 0 Å². The number of halogens is 1. The second-order valence-electron chi connectivity index (χ2n) is 3.89. The monoisotopic (exact) mass is 307 g/mol. The number of nitrogens with two attached hydrogens (primary N) is 1. The van der Waals surface area contributed by atoms with E-state index >= 15 is 0 Å². The van der Waals surface area contributed by atoms with E-state index in [1.54, 1.807) is 11.8 Å². The highest BCUT2D eigenvalue weighted by Gasteiger charge is 2.05. The first kappa shape index (κ1) is 12.7. The summed E-state index contributed by atoms with van der Waals surface area (Å²) in [5.41, 5.74) is 7.01.